The average Bonchev–Trinajstić information content (AvgIpc) is 1.50. The second-order valence-corrected chi connectivity index (χ2v) is 0. The van der Waals surface area contributed by atoms with E-state index < -0.39 is 0 Å². The van der Waals surface area contributed by atoms with Gasteiger partial charge in [-0.2, -0.15) is 0 Å². The molecule has 0 rings (SSSR count). The van der Waals surface area contributed by atoms with Gasteiger partial charge in [-0.3, -0.25) is 0 Å². The van der Waals surface area contributed by atoms with Gasteiger partial charge >= 0.3 is 17.1 Å². The number of nitrogens with zero attached hydrogens (tertiary/aromatic N) is 2. The fourth-order valence-electron chi connectivity index (χ4n) is 0. The largest absolute Gasteiger partial charge is 2.00 e. The molecule has 0 amide bonds. The van der Waals surface area contributed by atoms with Crippen LogP contribution in [0.4, 0.5) is 0 Å². The second kappa shape index (κ2) is 754. The molecule has 0 aliphatic carbocycles. The molecule has 0 bridgehead atoms. The van der Waals surface area contributed by atoms with E-state index in [-0.39, 0.29) is 50.6 Å². The molecule has 47 valence electrons. The van der Waals surface area contributed by atoms with E-state index in [1.54, 1.807) is 0 Å². The van der Waals surface area contributed by atoms with E-state index in [4.69, 9.17) is 23.7 Å². The zero-order valence-electron chi connectivity index (χ0n) is 2.87. The molecule has 0 aliphatic rings. The summed E-state index contributed by atoms with van der Waals surface area (Å²) in [6, 6.07) is 0. The number of hydrogen-bond acceptors (Lipinski definition) is 2. The van der Waals surface area contributed by atoms with Crippen LogP contribution < -0.4 is 0 Å². The van der Waals surface area contributed by atoms with Gasteiger partial charge in [0.05, 0.1) is 0 Å². The summed E-state index contributed by atoms with van der Waals surface area (Å²) in [7, 11) is 0. The SMILES string of the molecule is [C-]#N.[C-]#N.[Cu].[Fe+2].[Ni]. The summed E-state index contributed by atoms with van der Waals surface area (Å²) in [6.45, 7) is 9.50. The normalized spacial score (nSPS) is 0.571. The van der Waals surface area contributed by atoms with Gasteiger partial charge in [-0.1, -0.05) is 0 Å². The second-order valence-electron chi connectivity index (χ2n) is 0. The van der Waals surface area contributed by atoms with Crippen molar-refractivity contribution in [2.75, 3.05) is 0 Å². The van der Waals surface area contributed by atoms with E-state index in [1.807, 2.05) is 0 Å². The molecule has 0 saturated carbocycles. The van der Waals surface area contributed by atoms with Crippen molar-refractivity contribution in [2.45, 2.75) is 0 Å². The number of hydrogen-bond donors (Lipinski definition) is 0. The fourth-order valence-corrected chi connectivity index (χ4v) is 0. The summed E-state index contributed by atoms with van der Waals surface area (Å²) in [6.07, 6.45) is 0. The maximum absolute atomic E-state index is 6.25. The smallest absolute Gasteiger partial charge is 0.512 e. The Morgan fingerprint density at radius 1 is 0.857 bits per heavy atom. The average molecular weight is 230 g/mol. The molecule has 0 unspecified atom stereocenters. The first-order chi connectivity index (χ1) is 2.00. The summed E-state index contributed by atoms with van der Waals surface area (Å²) in [4.78, 5) is 0. The third-order valence-electron chi connectivity index (χ3n) is 0. The van der Waals surface area contributed by atoms with Crippen molar-refractivity contribution in [3.05, 3.63) is 13.1 Å². The predicted molar refractivity (Wildman–Crippen MR) is 9.94 cm³/mol. The Kier molecular flexibility index (Phi) is 5430. The molecule has 0 aromatic rings. The fraction of sp³-hybridized carbons (Fsp3) is 0. The van der Waals surface area contributed by atoms with Gasteiger partial charge in [0.1, 0.15) is 0 Å². The zero-order valence-corrected chi connectivity index (χ0v) is 5.90. The van der Waals surface area contributed by atoms with Crippen LogP contribution in [0.2, 0.25) is 0 Å². The van der Waals surface area contributed by atoms with Gasteiger partial charge in [0.25, 0.3) is 0 Å². The van der Waals surface area contributed by atoms with Gasteiger partial charge in [-0.25, -0.2) is 0 Å². The molecule has 0 aromatic heterocycles. The van der Waals surface area contributed by atoms with Crippen LogP contribution in [0.25, 0.3) is 0 Å². The molecule has 0 spiro atoms. The quantitative estimate of drug-likeness (QED) is 0.440. The molecule has 7 heavy (non-hydrogen) atoms. The third kappa shape index (κ3) is 505. The van der Waals surface area contributed by atoms with Crippen LogP contribution in [0.1, 0.15) is 0 Å². The molecule has 0 saturated heterocycles. The van der Waals surface area contributed by atoms with E-state index in [0.29, 0.717) is 0 Å². The molecular weight excluding hydrogens is 230 g/mol. The van der Waals surface area contributed by atoms with Crippen LogP contribution in [0, 0.1) is 23.7 Å². The molecule has 5 heteroatoms. The summed E-state index contributed by atoms with van der Waals surface area (Å²) >= 11 is 0. The Morgan fingerprint density at radius 2 is 0.857 bits per heavy atom. The minimum absolute atomic E-state index is 0. The first kappa shape index (κ1) is 50.5. The van der Waals surface area contributed by atoms with Crippen LogP contribution in [-0.2, 0) is 50.6 Å². The van der Waals surface area contributed by atoms with Crippen LogP contribution in [0.15, 0.2) is 0 Å². The molecule has 1 radical (unpaired) electrons. The van der Waals surface area contributed by atoms with Gasteiger partial charge in [-0.15, -0.1) is 0 Å². The molecule has 0 fully saturated rings. The van der Waals surface area contributed by atoms with E-state index in [2.05, 4.69) is 0 Å². The van der Waals surface area contributed by atoms with Crippen molar-refractivity contribution in [3.63, 3.8) is 0 Å². The third-order valence-corrected chi connectivity index (χ3v) is 0. The van der Waals surface area contributed by atoms with E-state index in [9.17, 15) is 0 Å². The molecule has 0 heterocycles. The van der Waals surface area contributed by atoms with Crippen molar-refractivity contribution >= 4 is 0 Å². The van der Waals surface area contributed by atoms with Crippen molar-refractivity contribution in [1.82, 2.24) is 0 Å². The summed E-state index contributed by atoms with van der Waals surface area (Å²) in [5.74, 6) is 0. The van der Waals surface area contributed by atoms with E-state index in [1.165, 1.54) is 0 Å². The Labute approximate surface area is 74.1 Å². The Balaban J connectivity index is -0.00000000267. The Hall–Kier alpha value is 0.512. The summed E-state index contributed by atoms with van der Waals surface area (Å²) in [5.41, 5.74) is 0. The minimum Gasteiger partial charge on any atom is -0.512 e. The van der Waals surface area contributed by atoms with Gasteiger partial charge in [0, 0.05) is 33.6 Å². The zero-order chi connectivity index (χ0) is 4.00. The van der Waals surface area contributed by atoms with E-state index in [0.717, 1.165) is 0 Å². The standard InChI is InChI=1S/2CN.Cu.Fe.Ni/c2*1-2;;;/q2*-1;;+2;. The molecule has 0 atom stereocenters. The van der Waals surface area contributed by atoms with Gasteiger partial charge in [0.2, 0.25) is 0 Å². The van der Waals surface area contributed by atoms with E-state index >= 15 is 0 Å². The van der Waals surface area contributed by atoms with Crippen molar-refractivity contribution in [3.8, 4) is 0 Å². The van der Waals surface area contributed by atoms with Crippen LogP contribution >= 0.6 is 0 Å². The Bertz CT molecular complexity index is 31.2. The first-order valence-electron chi connectivity index (χ1n) is 0.447. The molecule has 0 aromatic carbocycles. The number of rotatable bonds is 0. The monoisotopic (exact) mass is 229 g/mol. The maximum Gasteiger partial charge on any atom is 2.00 e. The van der Waals surface area contributed by atoms with Crippen LogP contribution in [0.3, 0.4) is 0 Å². The predicted octanol–water partition coefficient (Wildman–Crippen LogP) is 0.185. The molecule has 2 nitrogen and oxygen atoms in total. The van der Waals surface area contributed by atoms with Crippen LogP contribution in [0.5, 0.6) is 0 Å². The molecule has 0 aliphatic heterocycles. The minimum atomic E-state index is 0. The van der Waals surface area contributed by atoms with Crippen molar-refractivity contribution < 1.29 is 50.6 Å². The van der Waals surface area contributed by atoms with Crippen molar-refractivity contribution in [2.24, 2.45) is 0 Å². The summed E-state index contributed by atoms with van der Waals surface area (Å²) in [5, 5.41) is 12.5. The molecular formula is C2CuFeN2Ni. The Morgan fingerprint density at radius 3 is 0.857 bits per heavy atom. The maximum atomic E-state index is 6.25. The first-order valence-corrected chi connectivity index (χ1v) is 0.447. The topological polar surface area (TPSA) is 47.6 Å². The summed E-state index contributed by atoms with van der Waals surface area (Å²) < 4.78 is 0. The van der Waals surface area contributed by atoms with Gasteiger partial charge < -0.3 is 23.7 Å². The van der Waals surface area contributed by atoms with Crippen molar-refractivity contribution in [1.29, 1.82) is 10.5 Å². The van der Waals surface area contributed by atoms with Crippen LogP contribution in [-0.4, -0.2) is 0 Å². The molecule has 0 N–H and O–H groups in total. The van der Waals surface area contributed by atoms with Gasteiger partial charge in [0.15, 0.2) is 0 Å². The van der Waals surface area contributed by atoms with Gasteiger partial charge in [-0.05, 0) is 0 Å².